The van der Waals surface area contributed by atoms with Crippen molar-refractivity contribution in [1.29, 1.82) is 0 Å². The number of amides is 1. The van der Waals surface area contributed by atoms with E-state index in [0.29, 0.717) is 6.42 Å². The first-order chi connectivity index (χ1) is 9.41. The molecule has 0 saturated carbocycles. The summed E-state index contributed by atoms with van der Waals surface area (Å²) < 4.78 is 4.75. The topological polar surface area (TPSA) is 75.6 Å². The summed E-state index contributed by atoms with van der Waals surface area (Å²) in [5.41, 5.74) is -0.235. The van der Waals surface area contributed by atoms with Crippen LogP contribution in [0.5, 0.6) is 5.75 Å². The van der Waals surface area contributed by atoms with Gasteiger partial charge in [0.15, 0.2) is 0 Å². The first-order valence-corrected chi connectivity index (χ1v) is 6.58. The number of ether oxygens (including phenoxy) is 1. The fraction of sp³-hybridized carbons (Fsp3) is 0.467. The van der Waals surface area contributed by atoms with Crippen molar-refractivity contribution >= 4 is 11.9 Å². The van der Waals surface area contributed by atoms with Crippen molar-refractivity contribution in [2.75, 3.05) is 7.11 Å². The van der Waals surface area contributed by atoms with Gasteiger partial charge in [0, 0.05) is 0 Å². The van der Waals surface area contributed by atoms with Gasteiger partial charge in [0.2, 0.25) is 5.91 Å². The number of hydrogen-bond donors (Lipinski definition) is 2. The Morgan fingerprint density at radius 1 is 1.30 bits per heavy atom. The molecule has 5 nitrogen and oxygen atoms in total. The predicted molar refractivity (Wildman–Crippen MR) is 75.3 cm³/mol. The van der Waals surface area contributed by atoms with Crippen molar-refractivity contribution in [2.24, 2.45) is 0 Å². The molecule has 0 bridgehead atoms. The quantitative estimate of drug-likeness (QED) is 0.778. The molecule has 0 aromatic heterocycles. The molecule has 1 rings (SSSR count). The van der Waals surface area contributed by atoms with Crippen LogP contribution in [-0.4, -0.2) is 29.6 Å². The second-order valence-electron chi connectivity index (χ2n) is 4.97. The van der Waals surface area contributed by atoms with Crippen molar-refractivity contribution in [3.8, 4) is 5.75 Å². The Labute approximate surface area is 118 Å². The van der Waals surface area contributed by atoms with E-state index in [9.17, 15) is 14.7 Å². The Hall–Kier alpha value is -2.04. The molecule has 0 heterocycles. The fourth-order valence-corrected chi connectivity index (χ4v) is 2.09. The molecule has 1 atom stereocenters. The lowest BCUT2D eigenvalue weighted by atomic mass is 9.95. The number of phenols is 1. The van der Waals surface area contributed by atoms with Crippen molar-refractivity contribution in [2.45, 2.75) is 38.6 Å². The number of methoxy groups -OCH3 is 1. The molecular weight excluding hydrogens is 258 g/mol. The average Bonchev–Trinajstić information content (AvgIpc) is 2.40. The Kier molecular flexibility index (Phi) is 5.55. The monoisotopic (exact) mass is 279 g/mol. The molecule has 0 aliphatic rings. The summed E-state index contributed by atoms with van der Waals surface area (Å²) in [7, 11) is 1.31. The smallest absolute Gasteiger partial charge is 0.331 e. The predicted octanol–water partition coefficient (Wildman–Crippen LogP) is 1.78. The average molecular weight is 279 g/mol. The number of carbonyl (C=O) groups is 2. The van der Waals surface area contributed by atoms with Crippen LogP contribution in [0.15, 0.2) is 24.3 Å². The van der Waals surface area contributed by atoms with E-state index in [2.05, 4.69) is 5.32 Å². The Bertz CT molecular complexity index is 469. The van der Waals surface area contributed by atoms with Crippen LogP contribution < -0.4 is 5.32 Å². The van der Waals surface area contributed by atoms with Crippen LogP contribution in [0.25, 0.3) is 0 Å². The third-order valence-electron chi connectivity index (χ3n) is 3.10. The van der Waals surface area contributed by atoms with Gasteiger partial charge in [-0.25, -0.2) is 4.79 Å². The molecule has 0 saturated heterocycles. The SMILES string of the molecule is CCCC(C)(NC(=O)Cc1ccc(O)cc1)C(=O)OC. The Balaban J connectivity index is 2.71. The van der Waals surface area contributed by atoms with E-state index in [1.54, 1.807) is 19.1 Å². The van der Waals surface area contributed by atoms with Gasteiger partial charge >= 0.3 is 5.97 Å². The van der Waals surface area contributed by atoms with E-state index in [1.165, 1.54) is 19.2 Å². The number of nitrogens with one attached hydrogen (secondary N) is 1. The molecule has 1 unspecified atom stereocenters. The first kappa shape index (κ1) is 16.0. The zero-order chi connectivity index (χ0) is 15.2. The van der Waals surface area contributed by atoms with Gasteiger partial charge in [-0.1, -0.05) is 25.5 Å². The molecule has 0 fully saturated rings. The van der Waals surface area contributed by atoms with Crippen LogP contribution in [0.1, 0.15) is 32.3 Å². The van der Waals surface area contributed by atoms with Crippen LogP contribution in [0, 0.1) is 0 Å². The van der Waals surface area contributed by atoms with Gasteiger partial charge in [-0.15, -0.1) is 0 Å². The Morgan fingerprint density at radius 3 is 2.40 bits per heavy atom. The number of benzene rings is 1. The largest absolute Gasteiger partial charge is 0.508 e. The zero-order valence-corrected chi connectivity index (χ0v) is 12.1. The molecule has 0 radical (unpaired) electrons. The summed E-state index contributed by atoms with van der Waals surface area (Å²) in [6.45, 7) is 3.60. The standard InChI is InChI=1S/C15H21NO4/c1-4-9-15(2,14(19)20-3)16-13(18)10-11-5-7-12(17)8-6-11/h5-8,17H,4,9-10H2,1-3H3,(H,16,18). The molecule has 0 aliphatic heterocycles. The van der Waals surface area contributed by atoms with E-state index in [1.807, 2.05) is 6.92 Å². The number of hydrogen-bond acceptors (Lipinski definition) is 4. The number of phenolic OH excluding ortho intramolecular Hbond substituents is 1. The molecule has 1 amide bonds. The summed E-state index contributed by atoms with van der Waals surface area (Å²) in [5.74, 6) is -0.546. The van der Waals surface area contributed by atoms with Crippen LogP contribution in [-0.2, 0) is 20.7 Å². The third kappa shape index (κ3) is 4.26. The molecule has 1 aromatic rings. The molecule has 2 N–H and O–H groups in total. The van der Waals surface area contributed by atoms with Crippen molar-refractivity contribution < 1.29 is 19.4 Å². The lowest BCUT2D eigenvalue weighted by Crippen LogP contribution is -2.53. The third-order valence-corrected chi connectivity index (χ3v) is 3.10. The first-order valence-electron chi connectivity index (χ1n) is 6.58. The maximum absolute atomic E-state index is 12.0. The highest BCUT2D eigenvalue weighted by atomic mass is 16.5. The summed E-state index contributed by atoms with van der Waals surface area (Å²) in [6.07, 6.45) is 1.42. The van der Waals surface area contributed by atoms with Crippen LogP contribution in [0.4, 0.5) is 0 Å². The summed E-state index contributed by atoms with van der Waals surface area (Å²) >= 11 is 0. The van der Waals surface area contributed by atoms with Crippen LogP contribution in [0.3, 0.4) is 0 Å². The van der Waals surface area contributed by atoms with Gasteiger partial charge < -0.3 is 15.2 Å². The van der Waals surface area contributed by atoms with E-state index in [4.69, 9.17) is 4.74 Å². The maximum Gasteiger partial charge on any atom is 0.331 e. The van der Waals surface area contributed by atoms with Gasteiger partial charge in [0.1, 0.15) is 11.3 Å². The lowest BCUT2D eigenvalue weighted by Gasteiger charge is -2.27. The highest BCUT2D eigenvalue weighted by Crippen LogP contribution is 2.15. The van der Waals surface area contributed by atoms with E-state index in [0.717, 1.165) is 12.0 Å². The highest BCUT2D eigenvalue weighted by molar-refractivity contribution is 5.88. The van der Waals surface area contributed by atoms with Crippen molar-refractivity contribution in [1.82, 2.24) is 5.32 Å². The van der Waals surface area contributed by atoms with Crippen molar-refractivity contribution in [3.05, 3.63) is 29.8 Å². The van der Waals surface area contributed by atoms with Gasteiger partial charge in [-0.3, -0.25) is 4.79 Å². The van der Waals surface area contributed by atoms with Crippen LogP contribution >= 0.6 is 0 Å². The fourth-order valence-electron chi connectivity index (χ4n) is 2.09. The maximum atomic E-state index is 12.0. The van der Waals surface area contributed by atoms with Gasteiger partial charge in [0.25, 0.3) is 0 Å². The minimum absolute atomic E-state index is 0.149. The van der Waals surface area contributed by atoms with E-state index >= 15 is 0 Å². The minimum Gasteiger partial charge on any atom is -0.508 e. The summed E-state index contributed by atoms with van der Waals surface area (Å²) in [6, 6.07) is 6.39. The molecule has 1 aromatic carbocycles. The number of carbonyl (C=O) groups excluding carboxylic acids is 2. The second kappa shape index (κ2) is 6.93. The molecule has 5 heteroatoms. The number of aromatic hydroxyl groups is 1. The zero-order valence-electron chi connectivity index (χ0n) is 12.1. The number of esters is 1. The molecule has 0 aliphatic carbocycles. The molecule has 110 valence electrons. The second-order valence-corrected chi connectivity index (χ2v) is 4.97. The van der Waals surface area contributed by atoms with E-state index in [-0.39, 0.29) is 18.1 Å². The van der Waals surface area contributed by atoms with E-state index < -0.39 is 11.5 Å². The molecule has 20 heavy (non-hydrogen) atoms. The van der Waals surface area contributed by atoms with Gasteiger partial charge in [-0.05, 0) is 31.0 Å². The lowest BCUT2D eigenvalue weighted by molar-refractivity contribution is -0.150. The molecular formula is C15H21NO4. The summed E-state index contributed by atoms with van der Waals surface area (Å²) in [5, 5.41) is 11.9. The highest BCUT2D eigenvalue weighted by Gasteiger charge is 2.34. The number of rotatable bonds is 6. The van der Waals surface area contributed by atoms with Crippen LogP contribution in [0.2, 0.25) is 0 Å². The Morgan fingerprint density at radius 2 is 1.90 bits per heavy atom. The van der Waals surface area contributed by atoms with Gasteiger partial charge in [-0.2, -0.15) is 0 Å². The van der Waals surface area contributed by atoms with Crippen molar-refractivity contribution in [3.63, 3.8) is 0 Å². The molecule has 0 spiro atoms. The summed E-state index contributed by atoms with van der Waals surface area (Å²) in [4.78, 5) is 23.8. The minimum atomic E-state index is -1.00. The van der Waals surface area contributed by atoms with Gasteiger partial charge in [0.05, 0.1) is 13.5 Å². The normalized spacial score (nSPS) is 13.3.